The van der Waals surface area contributed by atoms with E-state index >= 15 is 0 Å². The minimum absolute atomic E-state index is 0.123. The van der Waals surface area contributed by atoms with Crippen molar-refractivity contribution < 1.29 is 17.9 Å². The molecular weight excluding hydrogens is 373 g/mol. The van der Waals surface area contributed by atoms with Gasteiger partial charge in [-0.05, 0) is 6.07 Å². The molecule has 3 aromatic heterocycles. The Hall–Kier alpha value is -3.01. The molecule has 2 N–H and O–H groups in total. The molecule has 3 heterocycles. The monoisotopic (exact) mass is 382 g/mol. The maximum atomic E-state index is 12.9. The number of para-hydroxylation sites is 1. The topological polar surface area (TPSA) is 84.4 Å². The number of nitrogens with one attached hydrogen (secondary N) is 2. The average molecular weight is 383 g/mol. The molecule has 4 aromatic rings. The predicted molar refractivity (Wildman–Crippen MR) is 87.7 cm³/mol. The first kappa shape index (κ1) is 16.5. The van der Waals surface area contributed by atoms with Crippen molar-refractivity contribution in [2.45, 2.75) is 6.18 Å². The van der Waals surface area contributed by atoms with E-state index in [0.717, 1.165) is 0 Å². The molecule has 0 bridgehead atoms. The Morgan fingerprint density at radius 3 is 2.69 bits per heavy atom. The second-order valence-electron chi connectivity index (χ2n) is 5.35. The first-order valence-corrected chi connectivity index (χ1v) is 7.62. The number of nitrogens with zero attached hydrogens (tertiary/aromatic N) is 4. The van der Waals surface area contributed by atoms with Gasteiger partial charge in [0.05, 0.1) is 13.3 Å². The van der Waals surface area contributed by atoms with E-state index in [0.29, 0.717) is 27.8 Å². The molecule has 0 amide bonds. The summed E-state index contributed by atoms with van der Waals surface area (Å²) in [4.78, 5) is 3.57. The van der Waals surface area contributed by atoms with Gasteiger partial charge < -0.3 is 4.74 Å². The van der Waals surface area contributed by atoms with Crippen LogP contribution in [0.2, 0.25) is 0 Å². The Labute approximate surface area is 148 Å². The molecule has 7 nitrogen and oxygen atoms in total. The largest absolute Gasteiger partial charge is 0.494 e. The third-order valence-electron chi connectivity index (χ3n) is 3.87. The van der Waals surface area contributed by atoms with E-state index in [1.165, 1.54) is 17.4 Å². The van der Waals surface area contributed by atoms with Gasteiger partial charge in [-0.25, -0.2) is 9.07 Å². The summed E-state index contributed by atoms with van der Waals surface area (Å²) in [5, 5.41) is 12.8. The van der Waals surface area contributed by atoms with Crippen molar-refractivity contribution >= 4 is 22.7 Å². The van der Waals surface area contributed by atoms with Gasteiger partial charge in [0, 0.05) is 34.5 Å². The normalized spacial score (nSPS) is 12.0. The zero-order chi connectivity index (χ0) is 18.5. The van der Waals surface area contributed by atoms with Crippen LogP contribution in [-0.4, -0.2) is 36.6 Å². The first-order chi connectivity index (χ1) is 12.4. The molecule has 0 fully saturated rings. The van der Waals surface area contributed by atoms with Crippen LogP contribution in [-0.2, 0) is 6.18 Å². The number of aromatic amines is 2. The molecule has 0 unspecified atom stereocenters. The third-order valence-corrected chi connectivity index (χ3v) is 4.21. The molecule has 0 aliphatic rings. The molecule has 0 radical (unpaired) electrons. The van der Waals surface area contributed by atoms with Gasteiger partial charge in [-0.2, -0.15) is 18.3 Å². The highest BCUT2D eigenvalue weighted by Crippen LogP contribution is 2.43. The van der Waals surface area contributed by atoms with E-state index in [1.807, 2.05) is 0 Å². The van der Waals surface area contributed by atoms with Crippen LogP contribution in [0.15, 0.2) is 30.6 Å². The van der Waals surface area contributed by atoms with E-state index in [9.17, 15) is 13.2 Å². The molecule has 0 saturated heterocycles. The zero-order valence-electron chi connectivity index (χ0n) is 13.1. The van der Waals surface area contributed by atoms with Gasteiger partial charge in [-0.15, -0.1) is 5.10 Å². The van der Waals surface area contributed by atoms with Crippen LogP contribution in [0.5, 0.6) is 5.75 Å². The van der Waals surface area contributed by atoms with Gasteiger partial charge >= 0.3 is 6.18 Å². The average Bonchev–Trinajstić information content (AvgIpc) is 3.32. The van der Waals surface area contributed by atoms with E-state index in [4.69, 9.17) is 16.5 Å². The van der Waals surface area contributed by atoms with Crippen LogP contribution in [0.1, 0.15) is 5.82 Å². The summed E-state index contributed by atoms with van der Waals surface area (Å²) in [6, 6.07) is 5.24. The molecule has 0 spiro atoms. The number of halogens is 4. The fraction of sp³-hybridized carbons (Fsp3) is 0.133. The number of alkyl halides is 3. The number of aromatic nitrogens is 6. The van der Waals surface area contributed by atoms with Gasteiger partial charge in [0.25, 0.3) is 5.82 Å². The van der Waals surface area contributed by atoms with Crippen molar-refractivity contribution in [3.63, 3.8) is 0 Å². The fourth-order valence-electron chi connectivity index (χ4n) is 2.81. The SMILES string of the molecule is COc1cccc2c(-c3cn[nH]c3)c(-c3nc(C(F)(F)F)n[nH]3)n(Cl)c12. The number of rotatable bonds is 3. The van der Waals surface area contributed by atoms with Gasteiger partial charge in [-0.1, -0.05) is 12.1 Å². The summed E-state index contributed by atoms with van der Waals surface area (Å²) in [6.45, 7) is 0. The van der Waals surface area contributed by atoms with Crippen molar-refractivity contribution in [3.8, 4) is 28.4 Å². The summed E-state index contributed by atoms with van der Waals surface area (Å²) >= 11 is 6.46. The van der Waals surface area contributed by atoms with Crippen molar-refractivity contribution in [1.29, 1.82) is 0 Å². The molecule has 134 valence electrons. The van der Waals surface area contributed by atoms with Crippen LogP contribution in [0.3, 0.4) is 0 Å². The van der Waals surface area contributed by atoms with Crippen molar-refractivity contribution in [2.75, 3.05) is 7.11 Å². The van der Waals surface area contributed by atoms with Crippen molar-refractivity contribution in [2.24, 2.45) is 0 Å². The van der Waals surface area contributed by atoms with Crippen LogP contribution < -0.4 is 4.74 Å². The number of benzene rings is 1. The highest BCUT2D eigenvalue weighted by atomic mass is 35.5. The van der Waals surface area contributed by atoms with Crippen LogP contribution >= 0.6 is 11.8 Å². The summed E-state index contributed by atoms with van der Waals surface area (Å²) < 4.78 is 45.2. The predicted octanol–water partition coefficient (Wildman–Crippen LogP) is 3.85. The number of fused-ring (bicyclic) bond motifs is 1. The van der Waals surface area contributed by atoms with Crippen LogP contribution in [0.25, 0.3) is 33.5 Å². The van der Waals surface area contributed by atoms with Crippen molar-refractivity contribution in [3.05, 3.63) is 36.4 Å². The Morgan fingerprint density at radius 1 is 1.27 bits per heavy atom. The second kappa shape index (κ2) is 5.77. The maximum Gasteiger partial charge on any atom is 0.453 e. The summed E-state index contributed by atoms with van der Waals surface area (Å²) in [7, 11) is 1.48. The van der Waals surface area contributed by atoms with Gasteiger partial charge in [0.15, 0.2) is 5.82 Å². The second-order valence-corrected chi connectivity index (χ2v) is 5.69. The fourth-order valence-corrected chi connectivity index (χ4v) is 3.15. The summed E-state index contributed by atoms with van der Waals surface area (Å²) in [5.74, 6) is -0.939. The molecule has 0 aliphatic heterocycles. The quantitative estimate of drug-likeness (QED) is 0.563. The number of H-pyrrole nitrogens is 2. The third kappa shape index (κ3) is 2.41. The smallest absolute Gasteiger partial charge is 0.453 e. The number of hydrogen-bond donors (Lipinski definition) is 2. The summed E-state index contributed by atoms with van der Waals surface area (Å²) in [6.07, 6.45) is -1.53. The zero-order valence-corrected chi connectivity index (χ0v) is 13.9. The van der Waals surface area contributed by atoms with Crippen LogP contribution in [0, 0.1) is 0 Å². The molecule has 26 heavy (non-hydrogen) atoms. The molecule has 0 aliphatic carbocycles. The standard InChI is InChI=1S/C15H10ClF3N6O/c1-26-9-4-2-3-8-10(7-5-20-21-6-7)12(25(16)11(8)9)13-22-14(24-23-13)15(17,18)19/h2-6H,1H3,(H,20,21)(H,22,23,24). The maximum absolute atomic E-state index is 12.9. The lowest BCUT2D eigenvalue weighted by Crippen LogP contribution is -2.07. The van der Waals surface area contributed by atoms with E-state index in [2.05, 4.69) is 25.4 Å². The van der Waals surface area contributed by atoms with Crippen LogP contribution in [0.4, 0.5) is 13.2 Å². The number of ether oxygens (including phenoxy) is 1. The van der Waals surface area contributed by atoms with Gasteiger partial charge in [-0.3, -0.25) is 10.2 Å². The Bertz CT molecular complexity index is 1080. The van der Waals surface area contributed by atoms with Gasteiger partial charge in [0.1, 0.15) is 17.0 Å². The Morgan fingerprint density at radius 2 is 2.08 bits per heavy atom. The van der Waals surface area contributed by atoms with Gasteiger partial charge in [0.2, 0.25) is 0 Å². The Kier molecular flexibility index (Phi) is 3.65. The highest BCUT2D eigenvalue weighted by Gasteiger charge is 2.37. The Balaban J connectivity index is 2.07. The number of methoxy groups -OCH3 is 1. The highest BCUT2D eigenvalue weighted by molar-refractivity contribution is 6.25. The van der Waals surface area contributed by atoms with E-state index in [-0.39, 0.29) is 11.5 Å². The minimum Gasteiger partial charge on any atom is -0.494 e. The molecule has 1 aromatic carbocycles. The molecule has 0 atom stereocenters. The first-order valence-electron chi connectivity index (χ1n) is 7.28. The molecule has 4 rings (SSSR count). The van der Waals surface area contributed by atoms with E-state index in [1.54, 1.807) is 24.4 Å². The van der Waals surface area contributed by atoms with Crippen molar-refractivity contribution in [1.82, 2.24) is 29.5 Å². The lowest BCUT2D eigenvalue weighted by atomic mass is 10.0. The molecular formula is C15H10ClF3N6O. The minimum atomic E-state index is -4.68. The lowest BCUT2D eigenvalue weighted by Gasteiger charge is -2.03. The molecule has 11 heteroatoms. The lowest BCUT2D eigenvalue weighted by molar-refractivity contribution is -0.144. The molecule has 0 saturated carbocycles. The number of hydrogen-bond acceptors (Lipinski definition) is 4. The van der Waals surface area contributed by atoms with E-state index < -0.39 is 12.0 Å². The summed E-state index contributed by atoms with van der Waals surface area (Å²) in [5.41, 5.74) is 1.89.